The Morgan fingerprint density at radius 1 is 0.840 bits per heavy atom. The van der Waals surface area contributed by atoms with E-state index < -0.39 is 0 Å². The van der Waals surface area contributed by atoms with Gasteiger partial charge in [-0.2, -0.15) is 0 Å². The molecule has 3 nitrogen and oxygen atoms in total. The van der Waals surface area contributed by atoms with Crippen LogP contribution in [0.2, 0.25) is 0 Å². The molecular formula is C22H44O3. The van der Waals surface area contributed by atoms with E-state index in [0.717, 1.165) is 37.7 Å². The topological polar surface area (TPSA) is 35.5 Å². The Morgan fingerprint density at radius 3 is 1.96 bits per heavy atom. The number of hydrogen-bond donors (Lipinski definition) is 0. The average Bonchev–Trinajstić information content (AvgIpc) is 2.45. The Balaban J connectivity index is 3.74. The van der Waals surface area contributed by atoms with Crippen molar-refractivity contribution in [1.29, 1.82) is 0 Å². The molecule has 3 heteroatoms. The minimum absolute atomic E-state index is 0.0345. The van der Waals surface area contributed by atoms with Gasteiger partial charge in [0.15, 0.2) is 0 Å². The fourth-order valence-corrected chi connectivity index (χ4v) is 3.05. The fraction of sp³-hybridized carbons (Fsp3) is 0.955. The Kier molecular flexibility index (Phi) is 13.3. The van der Waals surface area contributed by atoms with Crippen LogP contribution >= 0.6 is 0 Å². The summed E-state index contributed by atoms with van der Waals surface area (Å²) in [6.45, 7) is 16.5. The molecule has 0 aromatic heterocycles. The van der Waals surface area contributed by atoms with Crippen molar-refractivity contribution in [3.63, 3.8) is 0 Å². The van der Waals surface area contributed by atoms with E-state index >= 15 is 0 Å². The lowest BCUT2D eigenvalue weighted by molar-refractivity contribution is -0.141. The fourth-order valence-electron chi connectivity index (χ4n) is 3.05. The minimum Gasteiger partial charge on any atom is -0.466 e. The first kappa shape index (κ1) is 24.4. The molecule has 0 saturated carbocycles. The summed E-state index contributed by atoms with van der Waals surface area (Å²) >= 11 is 0. The van der Waals surface area contributed by atoms with E-state index in [2.05, 4.69) is 41.5 Å². The number of carbonyl (C=O) groups is 1. The van der Waals surface area contributed by atoms with Gasteiger partial charge in [-0.05, 0) is 50.9 Å². The first-order valence-electron chi connectivity index (χ1n) is 10.4. The van der Waals surface area contributed by atoms with E-state index in [4.69, 9.17) is 9.47 Å². The molecule has 0 aliphatic rings. The number of ether oxygens (including phenoxy) is 2. The Morgan fingerprint density at radius 2 is 1.40 bits per heavy atom. The molecule has 2 unspecified atom stereocenters. The maximum Gasteiger partial charge on any atom is 0.302 e. The van der Waals surface area contributed by atoms with E-state index in [1.807, 2.05) is 0 Å². The molecule has 0 aliphatic heterocycles. The number of carbonyl (C=O) groups excluding carboxylic acids is 1. The van der Waals surface area contributed by atoms with Crippen LogP contribution in [0.1, 0.15) is 99.8 Å². The zero-order chi connectivity index (χ0) is 19.3. The van der Waals surface area contributed by atoms with Gasteiger partial charge in [0.05, 0.1) is 12.2 Å². The van der Waals surface area contributed by atoms with Gasteiger partial charge in [-0.15, -0.1) is 0 Å². The van der Waals surface area contributed by atoms with Crippen LogP contribution in [0.4, 0.5) is 0 Å². The van der Waals surface area contributed by atoms with Gasteiger partial charge in [0.2, 0.25) is 0 Å². The van der Waals surface area contributed by atoms with Crippen LogP contribution in [0, 0.1) is 17.8 Å². The number of rotatable bonds is 15. The highest BCUT2D eigenvalue weighted by Crippen LogP contribution is 2.23. The molecule has 0 N–H and O–H groups in total. The van der Waals surface area contributed by atoms with Crippen molar-refractivity contribution in [3.05, 3.63) is 0 Å². The molecule has 0 aliphatic carbocycles. The predicted octanol–water partition coefficient (Wildman–Crippen LogP) is 6.39. The normalized spacial score (nSPS) is 14.6. The van der Waals surface area contributed by atoms with Crippen LogP contribution in [0.15, 0.2) is 0 Å². The van der Waals surface area contributed by atoms with Crippen LogP contribution in [0.5, 0.6) is 0 Å². The SMILES string of the molecule is CC(=O)OCCC(C)CCCC(C)(C)OCCC(C)CCCC(C)C. The zero-order valence-corrected chi connectivity index (χ0v) is 18.0. The smallest absolute Gasteiger partial charge is 0.302 e. The van der Waals surface area contributed by atoms with E-state index in [-0.39, 0.29) is 11.6 Å². The second-order valence-corrected chi connectivity index (χ2v) is 8.95. The van der Waals surface area contributed by atoms with Gasteiger partial charge in [-0.25, -0.2) is 0 Å². The highest BCUT2D eigenvalue weighted by molar-refractivity contribution is 5.65. The van der Waals surface area contributed by atoms with Crippen LogP contribution in [-0.2, 0) is 14.3 Å². The predicted molar refractivity (Wildman–Crippen MR) is 107 cm³/mol. The van der Waals surface area contributed by atoms with Crippen molar-refractivity contribution in [2.24, 2.45) is 17.8 Å². The third-order valence-corrected chi connectivity index (χ3v) is 4.97. The van der Waals surface area contributed by atoms with Gasteiger partial charge in [-0.3, -0.25) is 4.79 Å². The standard InChI is InChI=1S/C22H44O3/c1-18(2)10-8-11-19(3)14-17-25-22(6,7)15-9-12-20(4)13-16-24-21(5)23/h18-20H,8-17H2,1-7H3. The lowest BCUT2D eigenvalue weighted by Crippen LogP contribution is -2.25. The summed E-state index contributed by atoms with van der Waals surface area (Å²) in [5, 5.41) is 0. The Labute approximate surface area is 157 Å². The molecule has 150 valence electrons. The van der Waals surface area contributed by atoms with Crippen LogP contribution in [0.25, 0.3) is 0 Å². The summed E-state index contributed by atoms with van der Waals surface area (Å²) in [6, 6.07) is 0. The molecule has 0 aromatic rings. The minimum atomic E-state index is -0.180. The monoisotopic (exact) mass is 356 g/mol. The van der Waals surface area contributed by atoms with Gasteiger partial charge in [0.1, 0.15) is 0 Å². The van der Waals surface area contributed by atoms with Crippen molar-refractivity contribution in [2.75, 3.05) is 13.2 Å². The average molecular weight is 357 g/mol. The van der Waals surface area contributed by atoms with Gasteiger partial charge < -0.3 is 9.47 Å². The second-order valence-electron chi connectivity index (χ2n) is 8.95. The number of esters is 1. The molecule has 0 fully saturated rings. The molecule has 2 atom stereocenters. The summed E-state index contributed by atoms with van der Waals surface area (Å²) in [7, 11) is 0. The van der Waals surface area contributed by atoms with Crippen molar-refractivity contribution in [1.82, 2.24) is 0 Å². The highest BCUT2D eigenvalue weighted by Gasteiger charge is 2.19. The molecule has 0 aromatic carbocycles. The van der Waals surface area contributed by atoms with Crippen molar-refractivity contribution >= 4 is 5.97 Å². The molecule has 25 heavy (non-hydrogen) atoms. The van der Waals surface area contributed by atoms with E-state index in [1.165, 1.54) is 39.0 Å². The largest absolute Gasteiger partial charge is 0.466 e. The third kappa shape index (κ3) is 16.6. The summed E-state index contributed by atoms with van der Waals surface area (Å²) in [6.07, 6.45) is 9.54. The molecule has 0 heterocycles. The molecular weight excluding hydrogens is 312 g/mol. The molecule has 0 amide bonds. The third-order valence-electron chi connectivity index (χ3n) is 4.97. The van der Waals surface area contributed by atoms with Gasteiger partial charge in [-0.1, -0.05) is 59.8 Å². The summed E-state index contributed by atoms with van der Waals surface area (Å²) in [5.41, 5.74) is -0.0345. The maximum atomic E-state index is 10.8. The molecule has 0 spiro atoms. The Hall–Kier alpha value is -0.570. The highest BCUT2D eigenvalue weighted by atomic mass is 16.5. The van der Waals surface area contributed by atoms with Crippen LogP contribution < -0.4 is 0 Å². The Bertz CT molecular complexity index is 336. The quantitative estimate of drug-likeness (QED) is 0.319. The summed E-state index contributed by atoms with van der Waals surface area (Å²) in [4.78, 5) is 10.8. The van der Waals surface area contributed by atoms with E-state index in [0.29, 0.717) is 12.5 Å². The number of hydrogen-bond acceptors (Lipinski definition) is 3. The molecule has 0 rings (SSSR count). The van der Waals surface area contributed by atoms with Crippen LogP contribution in [-0.4, -0.2) is 24.8 Å². The van der Waals surface area contributed by atoms with Crippen LogP contribution in [0.3, 0.4) is 0 Å². The van der Waals surface area contributed by atoms with Crippen molar-refractivity contribution in [2.45, 2.75) is 105 Å². The van der Waals surface area contributed by atoms with E-state index in [1.54, 1.807) is 0 Å². The van der Waals surface area contributed by atoms with E-state index in [9.17, 15) is 4.79 Å². The lowest BCUT2D eigenvalue weighted by atomic mass is 9.95. The zero-order valence-electron chi connectivity index (χ0n) is 18.0. The molecule has 0 saturated heterocycles. The van der Waals surface area contributed by atoms with Crippen molar-refractivity contribution < 1.29 is 14.3 Å². The second kappa shape index (κ2) is 13.6. The first-order valence-corrected chi connectivity index (χ1v) is 10.4. The van der Waals surface area contributed by atoms with Crippen molar-refractivity contribution in [3.8, 4) is 0 Å². The van der Waals surface area contributed by atoms with Gasteiger partial charge in [0, 0.05) is 13.5 Å². The summed E-state index contributed by atoms with van der Waals surface area (Å²) < 4.78 is 11.2. The first-order chi connectivity index (χ1) is 11.6. The van der Waals surface area contributed by atoms with Gasteiger partial charge in [0.25, 0.3) is 0 Å². The molecule has 0 bridgehead atoms. The molecule has 0 radical (unpaired) electrons. The van der Waals surface area contributed by atoms with Gasteiger partial charge >= 0.3 is 5.97 Å². The summed E-state index contributed by atoms with van der Waals surface area (Å²) in [5.74, 6) is 1.99. The lowest BCUT2D eigenvalue weighted by Gasteiger charge is -2.27. The maximum absolute atomic E-state index is 10.8.